The van der Waals surface area contributed by atoms with E-state index in [-0.39, 0.29) is 10.5 Å². The summed E-state index contributed by atoms with van der Waals surface area (Å²) in [6.07, 6.45) is 0. The summed E-state index contributed by atoms with van der Waals surface area (Å²) in [5, 5.41) is 0. The summed E-state index contributed by atoms with van der Waals surface area (Å²) in [4.78, 5) is 28.6. The number of esters is 1. The van der Waals surface area contributed by atoms with E-state index in [1.165, 1.54) is 12.1 Å². The summed E-state index contributed by atoms with van der Waals surface area (Å²) in [6, 6.07) is 4.35. The van der Waals surface area contributed by atoms with Crippen molar-refractivity contribution in [1.29, 1.82) is 0 Å². The van der Waals surface area contributed by atoms with Crippen molar-refractivity contribution >= 4 is 37.8 Å². The van der Waals surface area contributed by atoms with Crippen LogP contribution in [0.15, 0.2) is 34.6 Å². The first kappa shape index (κ1) is 20.7. The van der Waals surface area contributed by atoms with Crippen molar-refractivity contribution in [2.24, 2.45) is 0 Å². The fraction of sp³-hybridized carbons (Fsp3) is 0.133. The number of hydrogen-bond acceptors (Lipinski definition) is 8. The molecule has 0 saturated carbocycles. The second kappa shape index (κ2) is 7.11. The van der Waals surface area contributed by atoms with E-state index in [1.54, 1.807) is 0 Å². The van der Waals surface area contributed by atoms with Gasteiger partial charge in [-0.1, -0.05) is 0 Å². The fourth-order valence-corrected chi connectivity index (χ4v) is 3.60. The van der Waals surface area contributed by atoms with Gasteiger partial charge in [-0.3, -0.25) is 9.36 Å². The predicted octanol–water partition coefficient (Wildman–Crippen LogP) is 2.60. The van der Waals surface area contributed by atoms with E-state index in [0.717, 1.165) is 40.7 Å². The Hall–Kier alpha value is -3.00. The predicted molar refractivity (Wildman–Crippen MR) is 92.1 cm³/mol. The van der Waals surface area contributed by atoms with Gasteiger partial charge >= 0.3 is 21.6 Å². The summed E-state index contributed by atoms with van der Waals surface area (Å²) < 4.78 is 83.9. The van der Waals surface area contributed by atoms with Crippen molar-refractivity contribution in [1.82, 2.24) is 9.55 Å². The SMILES string of the molecule is COC(=O)c1c(OS(=O)(=O)C(F)(F)F)c2ncsc2n(-c2ccc(F)cc2)c1=O. The largest absolute Gasteiger partial charge is 0.534 e. The Bertz CT molecular complexity index is 1260. The van der Waals surface area contributed by atoms with Crippen LogP contribution in [0.2, 0.25) is 0 Å². The van der Waals surface area contributed by atoms with Crippen molar-refractivity contribution in [2.75, 3.05) is 7.11 Å². The summed E-state index contributed by atoms with van der Waals surface area (Å²) in [6.45, 7) is 0. The molecule has 0 saturated heterocycles. The number of carbonyl (C=O) groups excluding carboxylic acids is 1. The van der Waals surface area contributed by atoms with Gasteiger partial charge < -0.3 is 8.92 Å². The number of ether oxygens (including phenoxy) is 1. The van der Waals surface area contributed by atoms with Gasteiger partial charge in [0.15, 0.2) is 11.3 Å². The number of nitrogens with zero attached hydrogens (tertiary/aromatic N) is 2. The zero-order valence-electron chi connectivity index (χ0n) is 14.1. The molecule has 29 heavy (non-hydrogen) atoms. The summed E-state index contributed by atoms with van der Waals surface area (Å²) in [7, 11) is -5.39. The topological polar surface area (TPSA) is 105 Å². The number of pyridine rings is 1. The van der Waals surface area contributed by atoms with Crippen molar-refractivity contribution in [3.63, 3.8) is 0 Å². The molecule has 1 aromatic carbocycles. The molecular weight excluding hydrogens is 444 g/mol. The van der Waals surface area contributed by atoms with E-state index >= 15 is 0 Å². The molecule has 3 aromatic rings. The highest BCUT2D eigenvalue weighted by Gasteiger charge is 2.49. The second-order valence-corrected chi connectivity index (χ2v) is 7.67. The van der Waals surface area contributed by atoms with Gasteiger partial charge in [0, 0.05) is 0 Å². The Morgan fingerprint density at radius 2 is 1.83 bits per heavy atom. The number of halogens is 4. The number of fused-ring (bicyclic) bond motifs is 1. The monoisotopic (exact) mass is 452 g/mol. The quantitative estimate of drug-likeness (QED) is 0.259. The fourth-order valence-electron chi connectivity index (χ4n) is 2.32. The first-order chi connectivity index (χ1) is 13.5. The number of benzene rings is 1. The van der Waals surface area contributed by atoms with Crippen LogP contribution in [0.3, 0.4) is 0 Å². The van der Waals surface area contributed by atoms with E-state index in [1.807, 2.05) is 0 Å². The molecule has 0 amide bonds. The zero-order chi connectivity index (χ0) is 21.6. The van der Waals surface area contributed by atoms with Crippen LogP contribution in [0.4, 0.5) is 17.6 Å². The van der Waals surface area contributed by atoms with Crippen molar-refractivity contribution in [2.45, 2.75) is 5.51 Å². The van der Waals surface area contributed by atoms with Crippen LogP contribution in [0.25, 0.3) is 16.0 Å². The van der Waals surface area contributed by atoms with Crippen molar-refractivity contribution < 1.29 is 39.7 Å². The molecule has 0 aliphatic heterocycles. The second-order valence-electron chi connectivity index (χ2n) is 5.30. The molecule has 0 aliphatic rings. The molecule has 154 valence electrons. The van der Waals surface area contributed by atoms with E-state index in [2.05, 4.69) is 13.9 Å². The Labute approximate surface area is 163 Å². The number of alkyl halides is 3. The van der Waals surface area contributed by atoms with E-state index in [4.69, 9.17) is 0 Å². The van der Waals surface area contributed by atoms with Crippen LogP contribution in [0, 0.1) is 5.82 Å². The molecule has 0 bridgehead atoms. The van der Waals surface area contributed by atoms with Crippen LogP contribution >= 0.6 is 11.3 Å². The maximum absolute atomic E-state index is 13.2. The van der Waals surface area contributed by atoms with Gasteiger partial charge in [0.05, 0.1) is 18.3 Å². The number of hydrogen-bond donors (Lipinski definition) is 0. The van der Waals surface area contributed by atoms with Crippen molar-refractivity contribution in [3.05, 3.63) is 51.5 Å². The Morgan fingerprint density at radius 1 is 1.21 bits per heavy atom. The molecule has 3 rings (SSSR count). The Morgan fingerprint density at radius 3 is 2.38 bits per heavy atom. The average molecular weight is 452 g/mol. The highest BCUT2D eigenvalue weighted by atomic mass is 32.2. The average Bonchev–Trinajstić information content (AvgIpc) is 3.11. The molecule has 8 nitrogen and oxygen atoms in total. The first-order valence-corrected chi connectivity index (χ1v) is 9.64. The van der Waals surface area contributed by atoms with Gasteiger partial charge in [-0.25, -0.2) is 14.2 Å². The molecular formula is C15H8F4N2O6S2. The third-order valence-electron chi connectivity index (χ3n) is 3.56. The molecule has 0 fully saturated rings. The van der Waals surface area contributed by atoms with Crippen LogP contribution < -0.4 is 9.74 Å². The highest BCUT2D eigenvalue weighted by molar-refractivity contribution is 7.88. The lowest BCUT2D eigenvalue weighted by atomic mass is 10.2. The lowest BCUT2D eigenvalue weighted by Crippen LogP contribution is -2.32. The summed E-state index contributed by atoms with van der Waals surface area (Å²) in [5.74, 6) is -3.30. The van der Waals surface area contributed by atoms with Gasteiger partial charge in [0.25, 0.3) is 5.56 Å². The third kappa shape index (κ3) is 3.55. The van der Waals surface area contributed by atoms with Crippen LogP contribution in [0.5, 0.6) is 5.75 Å². The lowest BCUT2D eigenvalue weighted by molar-refractivity contribution is -0.0500. The molecule has 14 heteroatoms. The molecule has 0 atom stereocenters. The smallest absolute Gasteiger partial charge is 0.465 e. The summed E-state index contributed by atoms with van der Waals surface area (Å²) in [5.41, 5.74) is -7.56. The number of methoxy groups -OCH3 is 1. The van der Waals surface area contributed by atoms with Gasteiger partial charge in [0.1, 0.15) is 16.2 Å². The Kier molecular flexibility index (Phi) is 5.08. The zero-order valence-corrected chi connectivity index (χ0v) is 15.7. The van der Waals surface area contributed by atoms with Gasteiger partial charge in [-0.2, -0.15) is 21.6 Å². The molecule has 0 radical (unpaired) electrons. The number of rotatable bonds is 4. The van der Waals surface area contributed by atoms with Crippen molar-refractivity contribution in [3.8, 4) is 11.4 Å². The molecule has 2 heterocycles. The summed E-state index contributed by atoms with van der Waals surface area (Å²) >= 11 is 0.753. The van der Waals surface area contributed by atoms with E-state index in [9.17, 15) is 35.6 Å². The number of thiazole rings is 1. The minimum Gasteiger partial charge on any atom is -0.465 e. The van der Waals surface area contributed by atoms with Gasteiger partial charge in [-0.15, -0.1) is 11.3 Å². The minimum atomic E-state index is -6.23. The van der Waals surface area contributed by atoms with Gasteiger partial charge in [-0.05, 0) is 24.3 Å². The molecule has 2 aromatic heterocycles. The van der Waals surface area contributed by atoms with Crippen LogP contribution in [-0.4, -0.2) is 36.6 Å². The third-order valence-corrected chi connectivity index (χ3v) is 5.32. The molecule has 0 spiro atoms. The maximum atomic E-state index is 13.2. The van der Waals surface area contributed by atoms with Crippen LogP contribution in [0.1, 0.15) is 10.4 Å². The maximum Gasteiger partial charge on any atom is 0.534 e. The Balaban J connectivity index is 2.41. The number of carbonyl (C=O) groups is 1. The molecule has 0 aliphatic carbocycles. The molecule has 0 unspecified atom stereocenters. The first-order valence-electron chi connectivity index (χ1n) is 7.35. The van der Waals surface area contributed by atoms with E-state index < -0.39 is 49.8 Å². The standard InChI is InChI=1S/C15H8F4N2O6S2/c1-26-14(23)9-11(27-29(24,25)15(17,18)19)10-13(28-6-20-10)21(12(9)22)8-4-2-7(16)3-5-8/h2-6H,1H3. The van der Waals surface area contributed by atoms with Crippen LogP contribution in [-0.2, 0) is 14.9 Å². The number of aromatic nitrogens is 2. The lowest BCUT2D eigenvalue weighted by Gasteiger charge is -2.15. The van der Waals surface area contributed by atoms with E-state index in [0.29, 0.717) is 0 Å². The van der Waals surface area contributed by atoms with Gasteiger partial charge in [0.2, 0.25) is 0 Å². The molecule has 0 N–H and O–H groups in total. The normalized spacial score (nSPS) is 12.2. The highest BCUT2D eigenvalue weighted by Crippen LogP contribution is 2.35. The minimum absolute atomic E-state index is 0.0426.